The van der Waals surface area contributed by atoms with Gasteiger partial charge >= 0.3 is 5.97 Å². The molecule has 0 aliphatic rings. The molecule has 2 heterocycles. The van der Waals surface area contributed by atoms with Crippen molar-refractivity contribution in [2.45, 2.75) is 6.04 Å². The van der Waals surface area contributed by atoms with Crippen LogP contribution in [0.2, 0.25) is 0 Å². The number of methoxy groups -OCH3 is 1. The van der Waals surface area contributed by atoms with Crippen LogP contribution in [0.25, 0.3) is 10.8 Å². The van der Waals surface area contributed by atoms with Gasteiger partial charge in [-0.15, -0.1) is 11.3 Å². The summed E-state index contributed by atoms with van der Waals surface area (Å²) in [5, 5.41) is 4.87. The zero-order valence-corrected chi connectivity index (χ0v) is 15.5. The first-order valence-corrected chi connectivity index (χ1v) is 8.89. The highest BCUT2D eigenvalue weighted by molar-refractivity contribution is 9.10. The Morgan fingerprint density at radius 2 is 2.04 bits per heavy atom. The van der Waals surface area contributed by atoms with Gasteiger partial charge in [-0.2, -0.15) is 0 Å². The molecule has 6 nitrogen and oxygen atoms in total. The van der Waals surface area contributed by atoms with Gasteiger partial charge in [-0.1, -0.05) is 28.1 Å². The zero-order chi connectivity index (χ0) is 17.8. The number of benzene rings is 1. The van der Waals surface area contributed by atoms with E-state index in [1.165, 1.54) is 24.7 Å². The van der Waals surface area contributed by atoms with Gasteiger partial charge in [0.1, 0.15) is 5.69 Å². The number of hydrogen-bond acceptors (Lipinski definition) is 6. The molecule has 2 aromatic heterocycles. The van der Waals surface area contributed by atoms with Crippen LogP contribution in [0.15, 0.2) is 56.9 Å². The molecule has 0 saturated heterocycles. The topological polar surface area (TPSA) is 81.4 Å². The molecular formula is C17H13BrN2O4S. The lowest BCUT2D eigenvalue weighted by molar-refractivity contribution is -0.143. The number of rotatable bonds is 5. The van der Waals surface area contributed by atoms with Crippen LogP contribution in [0.5, 0.6) is 0 Å². The molecule has 128 valence electrons. The quantitative estimate of drug-likeness (QED) is 0.634. The maximum absolute atomic E-state index is 12.5. The van der Waals surface area contributed by atoms with Gasteiger partial charge < -0.3 is 14.5 Å². The fourth-order valence-corrected chi connectivity index (χ4v) is 3.18. The van der Waals surface area contributed by atoms with E-state index < -0.39 is 17.9 Å². The first-order valence-electron chi connectivity index (χ1n) is 7.22. The molecule has 0 aliphatic carbocycles. The van der Waals surface area contributed by atoms with Crippen molar-refractivity contribution in [3.05, 3.63) is 63.8 Å². The number of ether oxygens (including phenoxy) is 1. The highest BCUT2D eigenvalue weighted by Gasteiger charge is 2.25. The van der Waals surface area contributed by atoms with Crippen molar-refractivity contribution in [3.63, 3.8) is 0 Å². The van der Waals surface area contributed by atoms with Gasteiger partial charge in [0.25, 0.3) is 5.91 Å². The summed E-state index contributed by atoms with van der Waals surface area (Å²) < 4.78 is 10.9. The average molecular weight is 421 g/mol. The number of carbonyl (C=O) groups excluding carboxylic acids is 2. The Kier molecular flexibility index (Phi) is 5.30. The predicted molar refractivity (Wildman–Crippen MR) is 96.2 cm³/mol. The number of nitrogens with one attached hydrogen (secondary N) is 1. The van der Waals surface area contributed by atoms with Crippen LogP contribution < -0.4 is 5.32 Å². The molecule has 0 spiro atoms. The molecule has 0 radical (unpaired) electrons. The lowest BCUT2D eigenvalue weighted by atomic mass is 10.1. The molecular weight excluding hydrogens is 408 g/mol. The Labute approximate surface area is 156 Å². The minimum atomic E-state index is -0.917. The van der Waals surface area contributed by atoms with Gasteiger partial charge in [0.2, 0.25) is 0 Å². The predicted octanol–water partition coefficient (Wildman–Crippen LogP) is 3.81. The van der Waals surface area contributed by atoms with Crippen LogP contribution in [0.3, 0.4) is 0 Å². The Morgan fingerprint density at radius 3 is 2.68 bits per heavy atom. The molecule has 0 fully saturated rings. The summed E-state index contributed by atoms with van der Waals surface area (Å²) in [6.07, 6.45) is 1.54. The lowest BCUT2D eigenvalue weighted by Gasteiger charge is -2.16. The molecule has 1 aromatic carbocycles. The van der Waals surface area contributed by atoms with E-state index in [9.17, 15) is 9.59 Å². The molecule has 0 aliphatic heterocycles. The standard InChI is InChI=1S/C17H13BrN2O4S/c1-23-17(22)14(10-4-6-11(18)7-5-10)20-15(21)12-9-25-16(19-12)13-3-2-8-24-13/h2-9,14H,1H3,(H,20,21). The number of furan rings is 1. The van der Waals surface area contributed by atoms with Crippen LogP contribution in [0, 0.1) is 0 Å². The maximum atomic E-state index is 12.5. The van der Waals surface area contributed by atoms with Crippen molar-refractivity contribution in [1.29, 1.82) is 0 Å². The van der Waals surface area contributed by atoms with Crippen LogP contribution in [0.1, 0.15) is 22.1 Å². The lowest BCUT2D eigenvalue weighted by Crippen LogP contribution is -2.34. The minimum absolute atomic E-state index is 0.211. The Morgan fingerprint density at radius 1 is 1.28 bits per heavy atom. The van der Waals surface area contributed by atoms with Gasteiger partial charge in [0.15, 0.2) is 16.8 Å². The monoisotopic (exact) mass is 420 g/mol. The summed E-state index contributed by atoms with van der Waals surface area (Å²) in [6.45, 7) is 0. The number of nitrogens with zero attached hydrogens (tertiary/aromatic N) is 1. The molecule has 3 aromatic rings. The van der Waals surface area contributed by atoms with Gasteiger partial charge in [0.05, 0.1) is 13.4 Å². The summed E-state index contributed by atoms with van der Waals surface area (Å²) in [6, 6.07) is 9.64. The van der Waals surface area contributed by atoms with E-state index >= 15 is 0 Å². The van der Waals surface area contributed by atoms with Crippen LogP contribution in [0.4, 0.5) is 0 Å². The molecule has 25 heavy (non-hydrogen) atoms. The Hall–Kier alpha value is -2.45. The van der Waals surface area contributed by atoms with Crippen molar-refractivity contribution in [2.24, 2.45) is 0 Å². The maximum Gasteiger partial charge on any atom is 0.333 e. The minimum Gasteiger partial charge on any atom is -0.467 e. The van der Waals surface area contributed by atoms with Crippen molar-refractivity contribution >= 4 is 39.1 Å². The van der Waals surface area contributed by atoms with E-state index in [-0.39, 0.29) is 5.69 Å². The summed E-state index contributed by atoms with van der Waals surface area (Å²) >= 11 is 4.62. The van der Waals surface area contributed by atoms with E-state index in [1.807, 2.05) is 0 Å². The first kappa shape index (κ1) is 17.4. The third-order valence-electron chi connectivity index (χ3n) is 3.38. The fraction of sp³-hybridized carbons (Fsp3) is 0.118. The second-order valence-corrected chi connectivity index (χ2v) is 6.77. The number of hydrogen-bond donors (Lipinski definition) is 1. The molecule has 0 saturated carbocycles. The van der Waals surface area contributed by atoms with Gasteiger partial charge in [-0.25, -0.2) is 9.78 Å². The average Bonchev–Trinajstić information content (AvgIpc) is 3.30. The van der Waals surface area contributed by atoms with Crippen LogP contribution >= 0.6 is 27.3 Å². The Bertz CT molecular complexity index is 874. The van der Waals surface area contributed by atoms with Crippen molar-refractivity contribution in [1.82, 2.24) is 10.3 Å². The number of amides is 1. The number of aromatic nitrogens is 1. The Balaban J connectivity index is 1.80. The number of thiazole rings is 1. The molecule has 0 bridgehead atoms. The fourth-order valence-electron chi connectivity index (χ4n) is 2.15. The zero-order valence-electron chi connectivity index (χ0n) is 13.1. The van der Waals surface area contributed by atoms with E-state index in [2.05, 4.69) is 26.2 Å². The van der Waals surface area contributed by atoms with Gasteiger partial charge in [-0.3, -0.25) is 4.79 Å². The van der Waals surface area contributed by atoms with Crippen LogP contribution in [-0.4, -0.2) is 24.0 Å². The van der Waals surface area contributed by atoms with Crippen LogP contribution in [-0.2, 0) is 9.53 Å². The third-order valence-corrected chi connectivity index (χ3v) is 4.77. The summed E-state index contributed by atoms with van der Waals surface area (Å²) in [4.78, 5) is 28.8. The number of halogens is 1. The first-order chi connectivity index (χ1) is 12.1. The number of carbonyl (C=O) groups is 2. The van der Waals surface area contributed by atoms with Crippen molar-refractivity contribution in [2.75, 3.05) is 7.11 Å². The molecule has 1 N–H and O–H groups in total. The molecule has 1 atom stereocenters. The summed E-state index contributed by atoms with van der Waals surface area (Å²) in [5.41, 5.74) is 0.826. The molecule has 1 unspecified atom stereocenters. The molecule has 8 heteroatoms. The largest absolute Gasteiger partial charge is 0.467 e. The van der Waals surface area contributed by atoms with E-state index in [0.717, 1.165) is 4.47 Å². The highest BCUT2D eigenvalue weighted by Crippen LogP contribution is 2.24. The van der Waals surface area contributed by atoms with Crippen molar-refractivity contribution < 1.29 is 18.7 Å². The van der Waals surface area contributed by atoms with Gasteiger partial charge in [0, 0.05) is 9.85 Å². The smallest absolute Gasteiger partial charge is 0.333 e. The second-order valence-electron chi connectivity index (χ2n) is 5.00. The van der Waals surface area contributed by atoms with Crippen molar-refractivity contribution in [3.8, 4) is 10.8 Å². The molecule has 1 amide bonds. The highest BCUT2D eigenvalue weighted by atomic mass is 79.9. The molecule has 3 rings (SSSR count). The summed E-state index contributed by atoms with van der Waals surface area (Å²) in [5.74, 6) is -0.439. The normalized spacial score (nSPS) is 11.8. The van der Waals surface area contributed by atoms with Gasteiger partial charge in [-0.05, 0) is 29.8 Å². The SMILES string of the molecule is COC(=O)C(NC(=O)c1csc(-c2ccco2)n1)c1ccc(Br)cc1. The summed E-state index contributed by atoms with van der Waals surface area (Å²) in [7, 11) is 1.28. The third kappa shape index (κ3) is 3.97. The number of esters is 1. The van der Waals surface area contributed by atoms with E-state index in [1.54, 1.807) is 41.8 Å². The van der Waals surface area contributed by atoms with E-state index in [4.69, 9.17) is 9.15 Å². The second kappa shape index (κ2) is 7.62. The van der Waals surface area contributed by atoms with E-state index in [0.29, 0.717) is 16.3 Å².